The van der Waals surface area contributed by atoms with Crippen LogP contribution < -0.4 is 20.7 Å². The van der Waals surface area contributed by atoms with Crippen LogP contribution in [0, 0.1) is 0 Å². The minimum Gasteiger partial charge on any atom is -0.497 e. The second-order valence-electron chi connectivity index (χ2n) is 6.65. The average molecular weight is 503 g/mol. The highest BCUT2D eigenvalue weighted by Crippen LogP contribution is 2.10. The quantitative estimate of drug-likeness (QED) is 0.273. The fourth-order valence-electron chi connectivity index (χ4n) is 3.01. The minimum absolute atomic E-state index is 0. The Hall–Kier alpha value is -1.55. The number of methoxy groups -OCH3 is 1. The summed E-state index contributed by atoms with van der Waals surface area (Å²) in [4.78, 5) is 18.9. The molecular formula is C20H34IN5O2. The first-order chi connectivity index (χ1) is 13.2. The molecule has 28 heavy (non-hydrogen) atoms. The number of rotatable bonds is 9. The van der Waals surface area contributed by atoms with E-state index in [9.17, 15) is 4.79 Å². The Balaban J connectivity index is 0.00000392. The van der Waals surface area contributed by atoms with Gasteiger partial charge in [-0.2, -0.15) is 0 Å². The topological polar surface area (TPSA) is 78.0 Å². The molecule has 0 unspecified atom stereocenters. The van der Waals surface area contributed by atoms with Crippen LogP contribution in [0.25, 0.3) is 0 Å². The third-order valence-electron chi connectivity index (χ3n) is 4.54. The molecule has 1 aliphatic heterocycles. The van der Waals surface area contributed by atoms with Crippen LogP contribution in [-0.2, 0) is 11.3 Å². The highest BCUT2D eigenvalue weighted by Gasteiger charge is 2.09. The summed E-state index contributed by atoms with van der Waals surface area (Å²) in [5, 5.41) is 9.39. The second kappa shape index (κ2) is 14.4. The Labute approximate surface area is 185 Å². The summed E-state index contributed by atoms with van der Waals surface area (Å²) < 4.78 is 5.13. The van der Waals surface area contributed by atoms with E-state index in [2.05, 4.69) is 25.8 Å². The lowest BCUT2D eigenvalue weighted by Crippen LogP contribution is -2.43. The number of ether oxygens (including phenoxy) is 1. The lowest BCUT2D eigenvalue weighted by Gasteiger charge is -2.26. The van der Waals surface area contributed by atoms with Gasteiger partial charge in [0.25, 0.3) is 0 Å². The standard InChI is InChI=1S/C20H33N5O2.HI/c1-3-21-20(22-11-14-25-12-5-4-6-13-25)24-16-19(26)23-15-17-7-9-18(27-2)10-8-17;/h7-10H,3-6,11-16H2,1-2H3,(H,23,26)(H2,21,22,24);1H. The number of hydrogen-bond acceptors (Lipinski definition) is 4. The lowest BCUT2D eigenvalue weighted by molar-refractivity contribution is -0.119. The first-order valence-electron chi connectivity index (χ1n) is 9.85. The molecule has 1 aliphatic rings. The van der Waals surface area contributed by atoms with Crippen molar-refractivity contribution in [3.05, 3.63) is 29.8 Å². The van der Waals surface area contributed by atoms with Crippen molar-refractivity contribution in [1.82, 2.24) is 20.9 Å². The van der Waals surface area contributed by atoms with Crippen LogP contribution in [0.1, 0.15) is 31.7 Å². The zero-order valence-electron chi connectivity index (χ0n) is 17.0. The van der Waals surface area contributed by atoms with Gasteiger partial charge in [0.1, 0.15) is 12.3 Å². The fourth-order valence-corrected chi connectivity index (χ4v) is 3.01. The summed E-state index contributed by atoms with van der Waals surface area (Å²) in [5.74, 6) is 1.40. The van der Waals surface area contributed by atoms with Gasteiger partial charge < -0.3 is 25.6 Å². The first-order valence-corrected chi connectivity index (χ1v) is 9.85. The smallest absolute Gasteiger partial charge is 0.242 e. The van der Waals surface area contributed by atoms with Crippen molar-refractivity contribution in [3.63, 3.8) is 0 Å². The molecule has 8 heteroatoms. The van der Waals surface area contributed by atoms with Crippen molar-refractivity contribution < 1.29 is 9.53 Å². The molecule has 2 rings (SSSR count). The molecule has 0 aliphatic carbocycles. The van der Waals surface area contributed by atoms with Crippen molar-refractivity contribution in [2.45, 2.75) is 32.7 Å². The third-order valence-corrected chi connectivity index (χ3v) is 4.54. The summed E-state index contributed by atoms with van der Waals surface area (Å²) in [6.45, 7) is 7.58. The molecule has 0 aromatic heterocycles. The van der Waals surface area contributed by atoms with Crippen LogP contribution in [0.3, 0.4) is 0 Å². The van der Waals surface area contributed by atoms with E-state index in [1.165, 1.54) is 32.4 Å². The molecule has 1 aromatic carbocycles. The number of guanidine groups is 1. The molecule has 0 radical (unpaired) electrons. The number of benzene rings is 1. The summed E-state index contributed by atoms with van der Waals surface area (Å²) in [5.41, 5.74) is 1.03. The summed E-state index contributed by atoms with van der Waals surface area (Å²) in [6.07, 6.45) is 3.94. The van der Waals surface area contributed by atoms with Crippen LogP contribution in [0.15, 0.2) is 29.3 Å². The molecule has 0 atom stereocenters. The van der Waals surface area contributed by atoms with Crippen molar-refractivity contribution >= 4 is 35.8 Å². The van der Waals surface area contributed by atoms with Gasteiger partial charge in [-0.1, -0.05) is 18.6 Å². The van der Waals surface area contributed by atoms with E-state index in [-0.39, 0.29) is 36.4 Å². The number of nitrogens with one attached hydrogen (secondary N) is 3. The van der Waals surface area contributed by atoms with Gasteiger partial charge in [-0.25, -0.2) is 4.99 Å². The highest BCUT2D eigenvalue weighted by atomic mass is 127. The zero-order valence-corrected chi connectivity index (χ0v) is 19.3. The SMILES string of the molecule is CCNC(=NCC(=O)NCc1ccc(OC)cc1)NCCN1CCCCC1.I. The molecule has 1 saturated heterocycles. The van der Waals surface area contributed by atoms with E-state index in [0.29, 0.717) is 12.5 Å². The van der Waals surface area contributed by atoms with Gasteiger partial charge in [-0.05, 0) is 50.6 Å². The number of nitrogens with zero attached hydrogens (tertiary/aromatic N) is 2. The molecule has 1 aromatic rings. The number of aliphatic imine (C=N–C) groups is 1. The molecule has 3 N–H and O–H groups in total. The number of piperidine rings is 1. The molecule has 0 spiro atoms. The molecule has 1 fully saturated rings. The number of hydrogen-bond donors (Lipinski definition) is 3. The predicted molar refractivity (Wildman–Crippen MR) is 125 cm³/mol. The Bertz CT molecular complexity index is 589. The van der Waals surface area contributed by atoms with E-state index in [1.807, 2.05) is 31.2 Å². The second-order valence-corrected chi connectivity index (χ2v) is 6.65. The van der Waals surface area contributed by atoms with Crippen LogP contribution in [0.4, 0.5) is 0 Å². The fraction of sp³-hybridized carbons (Fsp3) is 0.600. The third kappa shape index (κ3) is 9.59. The van der Waals surface area contributed by atoms with Crippen molar-refractivity contribution in [2.75, 3.05) is 46.4 Å². The molecule has 7 nitrogen and oxygen atoms in total. The summed E-state index contributed by atoms with van der Waals surface area (Å²) in [7, 11) is 1.64. The highest BCUT2D eigenvalue weighted by molar-refractivity contribution is 14.0. The van der Waals surface area contributed by atoms with Gasteiger partial charge in [0.2, 0.25) is 5.91 Å². The van der Waals surface area contributed by atoms with Crippen molar-refractivity contribution in [2.24, 2.45) is 4.99 Å². The van der Waals surface area contributed by atoms with Gasteiger partial charge in [0, 0.05) is 26.2 Å². The normalized spacial score (nSPS) is 14.7. The van der Waals surface area contributed by atoms with Crippen molar-refractivity contribution in [1.29, 1.82) is 0 Å². The lowest BCUT2D eigenvalue weighted by atomic mass is 10.1. The van der Waals surface area contributed by atoms with E-state index >= 15 is 0 Å². The maximum absolute atomic E-state index is 12.1. The molecule has 1 heterocycles. The van der Waals surface area contributed by atoms with Gasteiger partial charge in [0.15, 0.2) is 5.96 Å². The van der Waals surface area contributed by atoms with Crippen LogP contribution >= 0.6 is 24.0 Å². The van der Waals surface area contributed by atoms with E-state index in [0.717, 1.165) is 30.9 Å². The van der Waals surface area contributed by atoms with Gasteiger partial charge in [-0.3, -0.25) is 4.79 Å². The van der Waals surface area contributed by atoms with Crippen LogP contribution in [-0.4, -0.2) is 63.1 Å². The number of carbonyl (C=O) groups is 1. The largest absolute Gasteiger partial charge is 0.497 e. The summed E-state index contributed by atoms with van der Waals surface area (Å²) >= 11 is 0. The maximum atomic E-state index is 12.1. The molecule has 0 bridgehead atoms. The predicted octanol–water partition coefficient (Wildman–Crippen LogP) is 1.97. The van der Waals surface area contributed by atoms with Crippen molar-refractivity contribution in [3.8, 4) is 5.75 Å². The Morgan fingerprint density at radius 1 is 1.11 bits per heavy atom. The zero-order chi connectivity index (χ0) is 19.3. The number of halogens is 1. The molecule has 0 saturated carbocycles. The van der Waals surface area contributed by atoms with Gasteiger partial charge in [0.05, 0.1) is 7.11 Å². The number of amides is 1. The van der Waals surface area contributed by atoms with Gasteiger partial charge in [-0.15, -0.1) is 24.0 Å². The Morgan fingerprint density at radius 2 is 1.82 bits per heavy atom. The number of likely N-dealkylation sites (tertiary alicyclic amines) is 1. The minimum atomic E-state index is -0.0981. The monoisotopic (exact) mass is 503 g/mol. The Morgan fingerprint density at radius 3 is 2.46 bits per heavy atom. The number of carbonyl (C=O) groups excluding carboxylic acids is 1. The maximum Gasteiger partial charge on any atom is 0.242 e. The summed E-state index contributed by atoms with van der Waals surface area (Å²) in [6, 6.07) is 7.65. The van der Waals surface area contributed by atoms with Crippen LogP contribution in [0.5, 0.6) is 5.75 Å². The Kier molecular flexibility index (Phi) is 12.6. The first kappa shape index (κ1) is 24.5. The average Bonchev–Trinajstić information content (AvgIpc) is 2.71. The van der Waals surface area contributed by atoms with Crippen LogP contribution in [0.2, 0.25) is 0 Å². The molecule has 1 amide bonds. The van der Waals surface area contributed by atoms with E-state index in [1.54, 1.807) is 7.11 Å². The molecular weight excluding hydrogens is 469 g/mol. The molecule has 158 valence electrons. The van der Waals surface area contributed by atoms with Gasteiger partial charge >= 0.3 is 0 Å². The van der Waals surface area contributed by atoms with E-state index in [4.69, 9.17) is 4.74 Å². The van der Waals surface area contributed by atoms with E-state index < -0.39 is 0 Å².